The first kappa shape index (κ1) is 20.7. The van der Waals surface area contributed by atoms with Crippen molar-refractivity contribution in [1.82, 2.24) is 4.90 Å². The number of aliphatic hydroxyl groups is 1. The maximum Gasteiger partial charge on any atom is 0.416 e. The Bertz CT molecular complexity index is 596. The van der Waals surface area contributed by atoms with Crippen LogP contribution in [0, 0.1) is 0 Å². The minimum Gasteiger partial charge on any atom is -0.385 e. The number of hydrogen-bond acceptors (Lipinski definition) is 3. The third kappa shape index (κ3) is 5.45. The smallest absolute Gasteiger partial charge is 0.385 e. The second-order valence-electron chi connectivity index (χ2n) is 6.79. The molecule has 0 atom stereocenters. The van der Waals surface area contributed by atoms with E-state index >= 15 is 0 Å². The molecule has 0 aromatic heterocycles. The summed E-state index contributed by atoms with van der Waals surface area (Å²) in [7, 11) is 1.64. The Kier molecular flexibility index (Phi) is 7.06. The van der Waals surface area contributed by atoms with Crippen molar-refractivity contribution >= 4 is 5.91 Å². The molecule has 4 nitrogen and oxygen atoms in total. The molecule has 26 heavy (non-hydrogen) atoms. The lowest BCUT2D eigenvalue weighted by atomic mass is 9.83. The predicted octanol–water partition coefficient (Wildman–Crippen LogP) is 3.72. The van der Waals surface area contributed by atoms with Crippen molar-refractivity contribution in [2.75, 3.05) is 26.8 Å². The van der Waals surface area contributed by atoms with E-state index in [9.17, 15) is 23.1 Å². The van der Waals surface area contributed by atoms with Crippen LogP contribution in [0.4, 0.5) is 13.2 Å². The van der Waals surface area contributed by atoms with Crippen LogP contribution in [0.1, 0.15) is 49.7 Å². The molecule has 1 saturated heterocycles. The van der Waals surface area contributed by atoms with Crippen molar-refractivity contribution in [3.63, 3.8) is 0 Å². The van der Waals surface area contributed by atoms with Crippen LogP contribution in [-0.4, -0.2) is 42.7 Å². The molecule has 1 aromatic rings. The summed E-state index contributed by atoms with van der Waals surface area (Å²) in [6, 6.07) is 4.83. The Balaban J connectivity index is 1.89. The van der Waals surface area contributed by atoms with E-state index < -0.39 is 17.3 Å². The van der Waals surface area contributed by atoms with Gasteiger partial charge in [0.2, 0.25) is 5.91 Å². The number of amides is 1. The van der Waals surface area contributed by atoms with Crippen LogP contribution in [0.25, 0.3) is 0 Å². The summed E-state index contributed by atoms with van der Waals surface area (Å²) in [5.41, 5.74) is -1.83. The van der Waals surface area contributed by atoms with Gasteiger partial charge < -0.3 is 14.7 Å². The molecule has 1 aliphatic rings. The van der Waals surface area contributed by atoms with E-state index in [4.69, 9.17) is 4.74 Å². The minimum atomic E-state index is -4.44. The summed E-state index contributed by atoms with van der Waals surface area (Å²) in [5, 5.41) is 10.8. The van der Waals surface area contributed by atoms with Crippen molar-refractivity contribution in [3.05, 3.63) is 35.4 Å². The zero-order valence-corrected chi connectivity index (χ0v) is 15.0. The molecule has 1 N–H and O–H groups in total. The molecule has 0 aliphatic carbocycles. The lowest BCUT2D eigenvalue weighted by Gasteiger charge is -2.38. The van der Waals surface area contributed by atoms with Gasteiger partial charge in [-0.1, -0.05) is 18.6 Å². The highest BCUT2D eigenvalue weighted by Gasteiger charge is 2.37. The fraction of sp³-hybridized carbons (Fsp3) is 0.632. The SMILES string of the molecule is COCCCCCC(=O)N1CCC(O)(c2cccc(C(F)(F)F)c2)CC1. The number of ether oxygens (including phenoxy) is 1. The minimum absolute atomic E-state index is 0.0357. The number of halogens is 3. The van der Waals surface area contributed by atoms with Crippen molar-refractivity contribution in [2.24, 2.45) is 0 Å². The molecule has 0 spiro atoms. The molecule has 1 amide bonds. The van der Waals surface area contributed by atoms with Gasteiger partial charge in [0.1, 0.15) is 0 Å². The number of methoxy groups -OCH3 is 1. The summed E-state index contributed by atoms with van der Waals surface area (Å²) in [6.45, 7) is 1.38. The third-order valence-electron chi connectivity index (χ3n) is 4.91. The molecule has 2 rings (SSSR count). The van der Waals surface area contributed by atoms with Crippen LogP contribution in [0.15, 0.2) is 24.3 Å². The monoisotopic (exact) mass is 373 g/mol. The number of nitrogens with zero attached hydrogens (tertiary/aromatic N) is 1. The van der Waals surface area contributed by atoms with Gasteiger partial charge in [-0.25, -0.2) is 0 Å². The highest BCUT2D eigenvalue weighted by molar-refractivity contribution is 5.76. The van der Waals surface area contributed by atoms with Crippen LogP contribution in [-0.2, 0) is 21.3 Å². The Morgan fingerprint density at radius 2 is 1.92 bits per heavy atom. The summed E-state index contributed by atoms with van der Waals surface area (Å²) < 4.78 is 43.6. The standard InChI is InChI=1S/C19H26F3NO3/c1-26-13-4-2-3-8-17(24)23-11-9-18(25,10-12-23)15-6-5-7-16(14-15)19(20,21)22/h5-7,14,25H,2-4,8-13H2,1H3. The number of hydrogen-bond donors (Lipinski definition) is 1. The lowest BCUT2D eigenvalue weighted by molar-refractivity contribution is -0.137. The number of rotatable bonds is 7. The molecule has 1 heterocycles. The van der Waals surface area contributed by atoms with Gasteiger partial charge in [0, 0.05) is 33.2 Å². The van der Waals surface area contributed by atoms with Crippen LogP contribution >= 0.6 is 0 Å². The number of carbonyl (C=O) groups is 1. The maximum atomic E-state index is 12.9. The first-order valence-corrected chi connectivity index (χ1v) is 8.93. The Labute approximate surface area is 151 Å². The lowest BCUT2D eigenvalue weighted by Crippen LogP contribution is -2.45. The third-order valence-corrected chi connectivity index (χ3v) is 4.91. The second-order valence-corrected chi connectivity index (χ2v) is 6.79. The van der Waals surface area contributed by atoms with Crippen molar-refractivity contribution in [1.29, 1.82) is 0 Å². The van der Waals surface area contributed by atoms with Crippen molar-refractivity contribution in [2.45, 2.75) is 50.3 Å². The van der Waals surface area contributed by atoms with Crippen LogP contribution in [0.3, 0.4) is 0 Å². The summed E-state index contributed by atoms with van der Waals surface area (Å²) in [4.78, 5) is 13.9. The van der Waals surface area contributed by atoms with Crippen molar-refractivity contribution < 1.29 is 27.8 Å². The van der Waals surface area contributed by atoms with E-state index in [1.54, 1.807) is 12.0 Å². The number of likely N-dealkylation sites (tertiary alicyclic amines) is 1. The zero-order valence-electron chi connectivity index (χ0n) is 15.0. The average Bonchev–Trinajstić information content (AvgIpc) is 2.61. The van der Waals surface area contributed by atoms with Gasteiger partial charge in [-0.2, -0.15) is 13.2 Å². The highest BCUT2D eigenvalue weighted by Crippen LogP contribution is 2.36. The molecule has 146 valence electrons. The first-order valence-electron chi connectivity index (χ1n) is 8.93. The van der Waals surface area contributed by atoms with E-state index in [1.165, 1.54) is 12.1 Å². The van der Waals surface area contributed by atoms with E-state index in [0.717, 1.165) is 31.4 Å². The molecule has 1 aromatic carbocycles. The summed E-state index contributed by atoms with van der Waals surface area (Å²) in [5.74, 6) is 0.0357. The Hall–Kier alpha value is -1.60. The molecular formula is C19H26F3NO3. The van der Waals surface area contributed by atoms with Gasteiger partial charge in [-0.05, 0) is 43.4 Å². The molecule has 1 fully saturated rings. The second kappa shape index (κ2) is 8.86. The largest absolute Gasteiger partial charge is 0.416 e. The highest BCUT2D eigenvalue weighted by atomic mass is 19.4. The molecule has 0 radical (unpaired) electrons. The van der Waals surface area contributed by atoms with Crippen molar-refractivity contribution in [3.8, 4) is 0 Å². The van der Waals surface area contributed by atoms with Gasteiger partial charge in [0.25, 0.3) is 0 Å². The topological polar surface area (TPSA) is 49.8 Å². The number of piperidine rings is 1. The normalized spacial score (nSPS) is 17.3. The molecule has 7 heteroatoms. The molecule has 0 unspecified atom stereocenters. The van der Waals surface area contributed by atoms with Gasteiger partial charge >= 0.3 is 6.18 Å². The predicted molar refractivity (Wildman–Crippen MR) is 91.5 cm³/mol. The van der Waals surface area contributed by atoms with Gasteiger partial charge in [0.15, 0.2) is 0 Å². The number of alkyl halides is 3. The molecule has 0 saturated carbocycles. The Morgan fingerprint density at radius 3 is 2.54 bits per heavy atom. The molecule has 0 bridgehead atoms. The summed E-state index contributed by atoms with van der Waals surface area (Å²) >= 11 is 0. The van der Waals surface area contributed by atoms with Crippen LogP contribution in [0.2, 0.25) is 0 Å². The van der Waals surface area contributed by atoms with Gasteiger partial charge in [-0.3, -0.25) is 4.79 Å². The number of carbonyl (C=O) groups excluding carboxylic acids is 1. The Morgan fingerprint density at radius 1 is 1.23 bits per heavy atom. The van der Waals surface area contributed by atoms with Gasteiger partial charge in [0.05, 0.1) is 11.2 Å². The maximum absolute atomic E-state index is 12.9. The first-order chi connectivity index (χ1) is 12.3. The molecular weight excluding hydrogens is 347 g/mol. The van der Waals surface area contributed by atoms with E-state index in [0.29, 0.717) is 26.1 Å². The molecule has 1 aliphatic heterocycles. The van der Waals surface area contributed by atoms with Crippen LogP contribution < -0.4 is 0 Å². The van der Waals surface area contributed by atoms with E-state index in [2.05, 4.69) is 0 Å². The van der Waals surface area contributed by atoms with E-state index in [-0.39, 0.29) is 24.3 Å². The quantitative estimate of drug-likeness (QED) is 0.741. The fourth-order valence-corrected chi connectivity index (χ4v) is 3.26. The summed E-state index contributed by atoms with van der Waals surface area (Å²) in [6.07, 6.45) is -0.887. The fourth-order valence-electron chi connectivity index (χ4n) is 3.26. The number of benzene rings is 1. The number of unbranched alkanes of at least 4 members (excludes halogenated alkanes) is 2. The van der Waals surface area contributed by atoms with E-state index in [1.807, 2.05) is 0 Å². The van der Waals surface area contributed by atoms with Crippen LogP contribution in [0.5, 0.6) is 0 Å². The van der Waals surface area contributed by atoms with Gasteiger partial charge in [-0.15, -0.1) is 0 Å². The average molecular weight is 373 g/mol. The zero-order chi connectivity index (χ0) is 19.2.